The molecule has 0 unspecified atom stereocenters. The lowest BCUT2D eigenvalue weighted by molar-refractivity contribution is -0.110. The van der Waals surface area contributed by atoms with E-state index in [-0.39, 0.29) is 22.0 Å². The largest absolute Gasteiger partial charge is 0.389 e. The number of benzene rings is 1. The minimum Gasteiger partial charge on any atom is -0.389 e. The van der Waals surface area contributed by atoms with E-state index in [4.69, 9.17) is 9.57 Å². The van der Waals surface area contributed by atoms with Crippen LogP contribution in [0, 0.1) is 0 Å². The summed E-state index contributed by atoms with van der Waals surface area (Å²) >= 11 is 1.29. The van der Waals surface area contributed by atoms with Crippen LogP contribution in [0.25, 0.3) is 0 Å². The number of carbonyl (C=O) groups excluding carboxylic acids is 1. The summed E-state index contributed by atoms with van der Waals surface area (Å²) in [5.41, 5.74) is 0.514. The van der Waals surface area contributed by atoms with Gasteiger partial charge in [0.25, 0.3) is 5.91 Å². The molecule has 2 aliphatic rings. The lowest BCUT2D eigenvalue weighted by Gasteiger charge is -2.10. The fraction of sp³-hybridized carbons (Fsp3) is 0.389. The average Bonchev–Trinajstić information content (AvgIpc) is 3.20. The third-order valence-corrected chi connectivity index (χ3v) is 7.44. The molecule has 148 valence electrons. The number of sulfone groups is 1. The summed E-state index contributed by atoms with van der Waals surface area (Å²) in [5.74, 6) is -0.480. The lowest BCUT2D eigenvalue weighted by atomic mass is 10.1. The van der Waals surface area contributed by atoms with E-state index in [2.05, 4.69) is 15.5 Å². The molecule has 1 aromatic carbocycles. The van der Waals surface area contributed by atoms with Crippen molar-refractivity contribution in [2.45, 2.75) is 35.5 Å². The smallest absolute Gasteiger partial charge is 0.280 e. The Morgan fingerprint density at radius 3 is 2.64 bits per heavy atom. The Bertz CT molecular complexity index is 961. The summed E-state index contributed by atoms with van der Waals surface area (Å²) in [6.07, 6.45) is 3.47. The van der Waals surface area contributed by atoms with Crippen LogP contribution in [0.1, 0.15) is 24.8 Å². The molecule has 10 heteroatoms. The number of carbonyl (C=O) groups is 1. The molecule has 28 heavy (non-hydrogen) atoms. The summed E-state index contributed by atoms with van der Waals surface area (Å²) in [4.78, 5) is 22.5. The minimum absolute atomic E-state index is 0.0532. The number of aromatic nitrogens is 1. The van der Waals surface area contributed by atoms with Gasteiger partial charge < -0.3 is 9.57 Å². The Labute approximate surface area is 166 Å². The number of rotatable bonds is 7. The zero-order valence-corrected chi connectivity index (χ0v) is 16.5. The minimum atomic E-state index is -3.29. The van der Waals surface area contributed by atoms with Gasteiger partial charge in [0.1, 0.15) is 0 Å². The number of thiazole rings is 1. The van der Waals surface area contributed by atoms with Crippen molar-refractivity contribution < 1.29 is 22.8 Å². The molecule has 8 nitrogen and oxygen atoms in total. The first kappa shape index (κ1) is 19.0. The van der Waals surface area contributed by atoms with Gasteiger partial charge in [0.2, 0.25) is 0 Å². The first-order chi connectivity index (χ1) is 13.5. The molecular formula is C18H19N3O5S2. The molecule has 0 radical (unpaired) electrons. The molecule has 2 heterocycles. The summed E-state index contributed by atoms with van der Waals surface area (Å²) in [6, 6.07) is 6.16. The van der Waals surface area contributed by atoms with Crippen molar-refractivity contribution in [1.82, 2.24) is 4.98 Å². The molecule has 1 saturated carbocycles. The van der Waals surface area contributed by atoms with Gasteiger partial charge in [-0.1, -0.05) is 17.3 Å². The third kappa shape index (κ3) is 4.23. The van der Waals surface area contributed by atoms with Crippen LogP contribution < -0.4 is 5.32 Å². The summed E-state index contributed by atoms with van der Waals surface area (Å²) < 4.78 is 30.0. The SMILES string of the molecule is O=C(Nc1nccs1)C(=NO[C@@H]1CCOC1)c1ccc(S(=O)(=O)C2CC2)cc1. The number of nitrogens with zero attached hydrogens (tertiary/aromatic N) is 2. The molecule has 2 aromatic rings. The quantitative estimate of drug-likeness (QED) is 0.543. The van der Waals surface area contributed by atoms with Crippen LogP contribution in [0.15, 0.2) is 45.9 Å². The van der Waals surface area contributed by atoms with Crippen LogP contribution in [-0.2, 0) is 24.2 Å². The van der Waals surface area contributed by atoms with E-state index in [1.54, 1.807) is 23.7 Å². The second-order valence-corrected chi connectivity index (χ2v) is 9.71. The predicted molar refractivity (Wildman–Crippen MR) is 104 cm³/mol. The standard InChI is InChI=1S/C18H19N3O5S2/c22-17(20-18-19-8-10-27-18)16(21-26-13-7-9-25-11-13)12-1-3-14(4-2-12)28(23,24)15-5-6-15/h1-4,8,10,13,15H,5-7,9,11H2,(H,19,20,22)/t13-/m1/s1. The van der Waals surface area contributed by atoms with Crippen LogP contribution >= 0.6 is 11.3 Å². The maximum Gasteiger partial charge on any atom is 0.280 e. The fourth-order valence-corrected chi connectivity index (χ4v) is 4.94. The van der Waals surface area contributed by atoms with E-state index in [0.717, 1.165) is 0 Å². The molecule has 1 saturated heterocycles. The molecule has 1 N–H and O–H groups in total. The first-order valence-electron chi connectivity index (χ1n) is 8.91. The molecule has 0 spiro atoms. The van der Waals surface area contributed by atoms with Gasteiger partial charge in [0, 0.05) is 23.6 Å². The molecule has 1 atom stereocenters. The molecule has 1 aromatic heterocycles. The summed E-state index contributed by atoms with van der Waals surface area (Å²) in [5, 5.41) is 8.62. The highest BCUT2D eigenvalue weighted by Crippen LogP contribution is 2.33. The third-order valence-electron chi connectivity index (χ3n) is 4.47. The van der Waals surface area contributed by atoms with E-state index >= 15 is 0 Å². The maximum absolute atomic E-state index is 12.7. The topological polar surface area (TPSA) is 107 Å². The highest BCUT2D eigenvalue weighted by atomic mass is 32.2. The normalized spacial score (nSPS) is 20.1. The van der Waals surface area contributed by atoms with Gasteiger partial charge >= 0.3 is 0 Å². The summed E-state index contributed by atoms with van der Waals surface area (Å²) in [6.45, 7) is 1.01. The number of oxime groups is 1. The van der Waals surface area contributed by atoms with Crippen molar-refractivity contribution in [3.05, 3.63) is 41.4 Å². The van der Waals surface area contributed by atoms with Crippen LogP contribution in [0.4, 0.5) is 5.13 Å². The van der Waals surface area contributed by atoms with Gasteiger partial charge in [-0.2, -0.15) is 0 Å². The number of amides is 1. The van der Waals surface area contributed by atoms with Crippen LogP contribution in [0.2, 0.25) is 0 Å². The molecule has 1 aliphatic heterocycles. The van der Waals surface area contributed by atoms with Gasteiger partial charge in [0.05, 0.1) is 23.4 Å². The van der Waals surface area contributed by atoms with Crippen molar-refractivity contribution in [3.63, 3.8) is 0 Å². The molecule has 1 aliphatic carbocycles. The first-order valence-corrected chi connectivity index (χ1v) is 11.3. The zero-order valence-electron chi connectivity index (χ0n) is 14.9. The number of hydrogen-bond donors (Lipinski definition) is 1. The van der Waals surface area contributed by atoms with Crippen molar-refractivity contribution in [2.24, 2.45) is 5.16 Å². The van der Waals surface area contributed by atoms with Gasteiger partial charge in [0.15, 0.2) is 26.8 Å². The predicted octanol–water partition coefficient (Wildman–Crippen LogP) is 2.23. The Kier molecular flexibility index (Phi) is 5.42. The Balaban J connectivity index is 1.58. The van der Waals surface area contributed by atoms with E-state index in [0.29, 0.717) is 43.2 Å². The number of nitrogens with one attached hydrogen (secondary N) is 1. The molecular weight excluding hydrogens is 402 g/mol. The summed E-state index contributed by atoms with van der Waals surface area (Å²) in [7, 11) is -3.29. The van der Waals surface area contributed by atoms with Crippen molar-refractivity contribution in [1.29, 1.82) is 0 Å². The average molecular weight is 422 g/mol. The number of ether oxygens (including phenoxy) is 1. The van der Waals surface area contributed by atoms with E-state index in [9.17, 15) is 13.2 Å². The van der Waals surface area contributed by atoms with Gasteiger partial charge in [-0.25, -0.2) is 13.4 Å². The number of hydrogen-bond acceptors (Lipinski definition) is 8. The van der Waals surface area contributed by atoms with Crippen molar-refractivity contribution in [2.75, 3.05) is 18.5 Å². The van der Waals surface area contributed by atoms with Crippen molar-refractivity contribution >= 4 is 37.9 Å². The Hall–Kier alpha value is -2.30. The molecule has 4 rings (SSSR count). The van der Waals surface area contributed by atoms with Crippen LogP contribution in [0.5, 0.6) is 0 Å². The second-order valence-electron chi connectivity index (χ2n) is 6.59. The van der Waals surface area contributed by atoms with Gasteiger partial charge in [-0.05, 0) is 25.0 Å². The van der Waals surface area contributed by atoms with E-state index < -0.39 is 15.7 Å². The van der Waals surface area contributed by atoms with Crippen LogP contribution in [0.3, 0.4) is 0 Å². The van der Waals surface area contributed by atoms with E-state index in [1.807, 2.05) is 0 Å². The molecule has 1 amide bonds. The molecule has 2 fully saturated rings. The molecule has 0 bridgehead atoms. The maximum atomic E-state index is 12.7. The van der Waals surface area contributed by atoms with Crippen molar-refractivity contribution in [3.8, 4) is 0 Å². The monoisotopic (exact) mass is 421 g/mol. The number of anilines is 1. The second kappa shape index (κ2) is 7.98. The van der Waals surface area contributed by atoms with E-state index in [1.165, 1.54) is 23.5 Å². The van der Waals surface area contributed by atoms with Gasteiger partial charge in [-0.3, -0.25) is 10.1 Å². The fourth-order valence-electron chi connectivity index (χ4n) is 2.76. The van der Waals surface area contributed by atoms with Gasteiger partial charge in [-0.15, -0.1) is 11.3 Å². The van der Waals surface area contributed by atoms with Crippen LogP contribution in [-0.4, -0.2) is 49.6 Å². The zero-order chi connectivity index (χ0) is 19.6. The Morgan fingerprint density at radius 2 is 2.04 bits per heavy atom. The lowest BCUT2D eigenvalue weighted by Crippen LogP contribution is -2.25. The Morgan fingerprint density at radius 1 is 1.25 bits per heavy atom. The highest BCUT2D eigenvalue weighted by Gasteiger charge is 2.36. The highest BCUT2D eigenvalue weighted by molar-refractivity contribution is 7.92.